The predicted molar refractivity (Wildman–Crippen MR) is 59.7 cm³/mol. The van der Waals surface area contributed by atoms with Gasteiger partial charge in [-0.1, -0.05) is 11.6 Å². The summed E-state index contributed by atoms with van der Waals surface area (Å²) >= 11 is 6.23. The number of rotatable bonds is 2. The first-order valence-electron chi connectivity index (χ1n) is 4.51. The number of methoxy groups -OCH3 is 1. The third-order valence-corrected chi connectivity index (χ3v) is 3.26. The molecule has 0 saturated carbocycles. The number of alkyl halides is 3. The summed E-state index contributed by atoms with van der Waals surface area (Å²) in [6.07, 6.45) is -2.26. The van der Waals surface area contributed by atoms with Crippen LogP contribution in [0.25, 0.3) is 10.6 Å². The zero-order valence-corrected chi connectivity index (χ0v) is 10.4. The first kappa shape index (κ1) is 13.0. The van der Waals surface area contributed by atoms with Crippen molar-refractivity contribution in [2.45, 2.75) is 6.18 Å². The molecule has 0 radical (unpaired) electrons. The SMILES string of the molecule is COc1c(Cl)ncnc1-c1cnc(C(F)(F)F)s1. The van der Waals surface area contributed by atoms with Crippen LogP contribution >= 0.6 is 22.9 Å². The Morgan fingerprint density at radius 2 is 2.00 bits per heavy atom. The van der Waals surface area contributed by atoms with Crippen LogP contribution in [-0.4, -0.2) is 22.1 Å². The predicted octanol–water partition coefficient (Wildman–Crippen LogP) is 3.28. The quantitative estimate of drug-likeness (QED) is 0.798. The van der Waals surface area contributed by atoms with E-state index in [9.17, 15) is 13.2 Å². The van der Waals surface area contributed by atoms with E-state index in [2.05, 4.69) is 15.0 Å². The Balaban J connectivity index is 2.50. The van der Waals surface area contributed by atoms with Gasteiger partial charge in [-0.25, -0.2) is 15.0 Å². The van der Waals surface area contributed by atoms with Crippen molar-refractivity contribution in [3.05, 3.63) is 22.7 Å². The Labute approximate surface area is 108 Å². The Morgan fingerprint density at radius 1 is 1.28 bits per heavy atom. The summed E-state index contributed by atoms with van der Waals surface area (Å²) in [6, 6.07) is 0. The van der Waals surface area contributed by atoms with Gasteiger partial charge < -0.3 is 4.74 Å². The maximum atomic E-state index is 12.4. The second kappa shape index (κ2) is 4.69. The average Bonchev–Trinajstić information content (AvgIpc) is 2.77. The highest BCUT2D eigenvalue weighted by Gasteiger charge is 2.35. The number of hydrogen-bond acceptors (Lipinski definition) is 5. The molecule has 4 nitrogen and oxygen atoms in total. The van der Waals surface area contributed by atoms with Crippen LogP contribution < -0.4 is 4.74 Å². The molecule has 96 valence electrons. The van der Waals surface area contributed by atoms with E-state index in [1.54, 1.807) is 0 Å². The normalized spacial score (nSPS) is 11.6. The molecule has 2 aromatic rings. The molecule has 0 spiro atoms. The second-order valence-corrected chi connectivity index (χ2v) is 4.46. The van der Waals surface area contributed by atoms with Crippen molar-refractivity contribution in [1.82, 2.24) is 15.0 Å². The van der Waals surface area contributed by atoms with Gasteiger partial charge >= 0.3 is 6.18 Å². The van der Waals surface area contributed by atoms with Gasteiger partial charge in [-0.2, -0.15) is 13.2 Å². The van der Waals surface area contributed by atoms with Crippen LogP contribution in [0.1, 0.15) is 5.01 Å². The summed E-state index contributed by atoms with van der Waals surface area (Å²) in [5.74, 6) is 0.122. The minimum absolute atomic E-state index is 0.0319. The molecule has 0 amide bonds. The summed E-state index contributed by atoms with van der Waals surface area (Å²) in [5.41, 5.74) is 0.186. The fraction of sp³-hybridized carbons (Fsp3) is 0.222. The lowest BCUT2D eigenvalue weighted by atomic mass is 10.3. The van der Waals surface area contributed by atoms with E-state index in [1.165, 1.54) is 7.11 Å². The fourth-order valence-corrected chi connectivity index (χ4v) is 2.21. The molecule has 2 rings (SSSR count). The monoisotopic (exact) mass is 295 g/mol. The molecular weight excluding hydrogens is 291 g/mol. The van der Waals surface area contributed by atoms with Crippen LogP contribution in [0.5, 0.6) is 5.75 Å². The highest BCUT2D eigenvalue weighted by Crippen LogP contribution is 2.39. The number of nitrogens with zero attached hydrogens (tertiary/aromatic N) is 3. The van der Waals surface area contributed by atoms with E-state index >= 15 is 0 Å². The second-order valence-electron chi connectivity index (χ2n) is 3.07. The van der Waals surface area contributed by atoms with E-state index in [-0.39, 0.29) is 21.5 Å². The highest BCUT2D eigenvalue weighted by molar-refractivity contribution is 7.15. The minimum atomic E-state index is -4.48. The van der Waals surface area contributed by atoms with Crippen molar-refractivity contribution >= 4 is 22.9 Å². The number of ether oxygens (including phenoxy) is 1. The average molecular weight is 296 g/mol. The van der Waals surface area contributed by atoms with E-state index in [1.807, 2.05) is 0 Å². The van der Waals surface area contributed by atoms with Crippen LogP contribution in [0.3, 0.4) is 0 Å². The van der Waals surface area contributed by atoms with Crippen LogP contribution in [-0.2, 0) is 6.18 Å². The van der Waals surface area contributed by atoms with Crippen molar-refractivity contribution in [3.8, 4) is 16.3 Å². The van der Waals surface area contributed by atoms with Crippen molar-refractivity contribution in [2.75, 3.05) is 7.11 Å². The molecule has 0 fully saturated rings. The molecule has 0 atom stereocenters. The maximum absolute atomic E-state index is 12.4. The molecule has 0 bridgehead atoms. The Kier molecular flexibility index (Phi) is 3.40. The van der Waals surface area contributed by atoms with E-state index in [0.717, 1.165) is 12.5 Å². The fourth-order valence-electron chi connectivity index (χ4n) is 1.22. The minimum Gasteiger partial charge on any atom is -0.491 e. The third kappa shape index (κ3) is 2.39. The van der Waals surface area contributed by atoms with Gasteiger partial charge in [0.05, 0.1) is 12.0 Å². The highest BCUT2D eigenvalue weighted by atomic mass is 35.5. The van der Waals surface area contributed by atoms with Gasteiger partial charge in [-0.15, -0.1) is 11.3 Å². The van der Waals surface area contributed by atoms with E-state index < -0.39 is 11.2 Å². The summed E-state index contributed by atoms with van der Waals surface area (Å²) in [7, 11) is 1.33. The largest absolute Gasteiger partial charge is 0.491 e. The van der Waals surface area contributed by atoms with Gasteiger partial charge in [0.2, 0.25) is 0 Å². The lowest BCUT2D eigenvalue weighted by molar-refractivity contribution is -0.137. The molecule has 0 aliphatic heterocycles. The lowest BCUT2D eigenvalue weighted by Gasteiger charge is -2.05. The molecule has 0 aliphatic carbocycles. The number of aromatic nitrogens is 3. The van der Waals surface area contributed by atoms with Crippen molar-refractivity contribution in [1.29, 1.82) is 0 Å². The topological polar surface area (TPSA) is 47.9 Å². The van der Waals surface area contributed by atoms with Gasteiger partial charge in [0.25, 0.3) is 0 Å². The molecule has 18 heavy (non-hydrogen) atoms. The first-order valence-corrected chi connectivity index (χ1v) is 5.71. The molecule has 9 heteroatoms. The summed E-state index contributed by atoms with van der Waals surface area (Å²) in [4.78, 5) is 11.1. The Bertz CT molecular complexity index is 572. The molecule has 0 N–H and O–H groups in total. The van der Waals surface area contributed by atoms with Gasteiger partial charge in [-0.3, -0.25) is 0 Å². The standard InChI is InChI=1S/C9H5ClF3N3OS/c1-17-6-5(15-3-16-7(6)10)4-2-14-8(18-4)9(11,12)13/h2-3H,1H3. The van der Waals surface area contributed by atoms with Crippen LogP contribution in [0, 0.1) is 0 Å². The summed E-state index contributed by atoms with van der Waals surface area (Å²) in [5, 5.41) is -0.918. The van der Waals surface area contributed by atoms with Crippen molar-refractivity contribution in [3.63, 3.8) is 0 Å². The van der Waals surface area contributed by atoms with E-state index in [0.29, 0.717) is 11.3 Å². The molecule has 2 heterocycles. The van der Waals surface area contributed by atoms with Crippen LogP contribution in [0.15, 0.2) is 12.5 Å². The smallest absolute Gasteiger partial charge is 0.443 e. The number of halogens is 4. The molecule has 0 aliphatic rings. The molecule has 0 aromatic carbocycles. The molecule has 0 unspecified atom stereocenters. The Morgan fingerprint density at radius 3 is 2.56 bits per heavy atom. The number of thiazole rings is 1. The molecule has 2 aromatic heterocycles. The third-order valence-electron chi connectivity index (χ3n) is 1.95. The summed E-state index contributed by atoms with van der Waals surface area (Å²) < 4.78 is 42.3. The Hall–Kier alpha value is -1.41. The summed E-state index contributed by atoms with van der Waals surface area (Å²) in [6.45, 7) is 0. The number of hydrogen-bond donors (Lipinski definition) is 0. The van der Waals surface area contributed by atoms with Gasteiger partial charge in [-0.05, 0) is 0 Å². The lowest BCUT2D eigenvalue weighted by Crippen LogP contribution is -2.02. The van der Waals surface area contributed by atoms with Gasteiger partial charge in [0, 0.05) is 6.20 Å². The first-order chi connectivity index (χ1) is 8.43. The van der Waals surface area contributed by atoms with Gasteiger partial charge in [0.1, 0.15) is 12.0 Å². The van der Waals surface area contributed by atoms with Crippen LogP contribution in [0.2, 0.25) is 5.15 Å². The van der Waals surface area contributed by atoms with E-state index in [4.69, 9.17) is 16.3 Å². The van der Waals surface area contributed by atoms with Crippen molar-refractivity contribution in [2.24, 2.45) is 0 Å². The zero-order chi connectivity index (χ0) is 13.3. The zero-order valence-electron chi connectivity index (χ0n) is 8.82. The molecule has 0 saturated heterocycles. The van der Waals surface area contributed by atoms with Gasteiger partial charge in [0.15, 0.2) is 15.9 Å². The van der Waals surface area contributed by atoms with Crippen molar-refractivity contribution < 1.29 is 17.9 Å². The van der Waals surface area contributed by atoms with Crippen LogP contribution in [0.4, 0.5) is 13.2 Å². The maximum Gasteiger partial charge on any atom is 0.443 e. The molecular formula is C9H5ClF3N3OS.